The first-order chi connectivity index (χ1) is 8.11. The molecular formula is C11H12FNO4. The summed E-state index contributed by atoms with van der Waals surface area (Å²) >= 11 is 0. The van der Waals surface area contributed by atoms with Gasteiger partial charge in [-0.3, -0.25) is 4.90 Å². The molecule has 1 aliphatic heterocycles. The van der Waals surface area contributed by atoms with Gasteiger partial charge in [0.2, 0.25) is 0 Å². The molecule has 1 aromatic rings. The van der Waals surface area contributed by atoms with E-state index in [-0.39, 0.29) is 6.10 Å². The lowest BCUT2D eigenvalue weighted by Crippen LogP contribution is -2.25. The van der Waals surface area contributed by atoms with Crippen molar-refractivity contribution in [3.63, 3.8) is 0 Å². The van der Waals surface area contributed by atoms with Gasteiger partial charge in [-0.2, -0.15) is 0 Å². The fourth-order valence-electron chi connectivity index (χ4n) is 1.67. The monoisotopic (exact) mass is 241 g/mol. The maximum absolute atomic E-state index is 13.2. The number of phenolic OH excluding ortho intramolecular Hbond substituents is 1. The molecule has 0 unspecified atom stereocenters. The minimum absolute atomic E-state index is 0.294. The van der Waals surface area contributed by atoms with Crippen molar-refractivity contribution in [3.05, 3.63) is 24.0 Å². The lowest BCUT2D eigenvalue weighted by atomic mass is 10.2. The number of methoxy groups -OCH3 is 1. The molecule has 6 heteroatoms. The number of halogens is 1. The highest BCUT2D eigenvalue weighted by atomic mass is 19.1. The lowest BCUT2D eigenvalue weighted by molar-refractivity contribution is 0.0718. The minimum Gasteiger partial charge on any atom is -0.505 e. The molecule has 1 saturated heterocycles. The summed E-state index contributed by atoms with van der Waals surface area (Å²) in [6.07, 6.45) is -0.901. The summed E-state index contributed by atoms with van der Waals surface area (Å²) in [5.74, 6) is -1.22. The van der Waals surface area contributed by atoms with Gasteiger partial charge in [0.1, 0.15) is 6.10 Å². The van der Waals surface area contributed by atoms with E-state index >= 15 is 0 Å². The van der Waals surface area contributed by atoms with Crippen LogP contribution in [0.1, 0.15) is 0 Å². The number of anilines is 1. The van der Waals surface area contributed by atoms with Crippen molar-refractivity contribution < 1.29 is 23.8 Å². The third kappa shape index (κ3) is 2.31. The predicted molar refractivity (Wildman–Crippen MR) is 57.6 cm³/mol. The van der Waals surface area contributed by atoms with Crippen LogP contribution in [-0.2, 0) is 9.47 Å². The first-order valence-electron chi connectivity index (χ1n) is 5.07. The number of hydrogen-bond donors (Lipinski definition) is 1. The molecule has 0 bridgehead atoms. The zero-order valence-electron chi connectivity index (χ0n) is 9.22. The highest BCUT2D eigenvalue weighted by Gasteiger charge is 2.32. The molecule has 0 aromatic heterocycles. The first kappa shape index (κ1) is 11.7. The molecule has 1 N–H and O–H groups in total. The Balaban J connectivity index is 2.17. The van der Waals surface area contributed by atoms with Crippen LogP contribution in [0.5, 0.6) is 5.75 Å². The zero-order chi connectivity index (χ0) is 12.4. The van der Waals surface area contributed by atoms with Crippen molar-refractivity contribution in [2.24, 2.45) is 0 Å². The number of carbonyl (C=O) groups is 1. The van der Waals surface area contributed by atoms with Crippen molar-refractivity contribution in [2.45, 2.75) is 6.10 Å². The number of ether oxygens (including phenoxy) is 2. The molecule has 0 radical (unpaired) electrons. The Morgan fingerprint density at radius 2 is 2.41 bits per heavy atom. The normalized spacial score (nSPS) is 19.5. The van der Waals surface area contributed by atoms with Gasteiger partial charge in [0.15, 0.2) is 11.6 Å². The molecule has 5 nitrogen and oxygen atoms in total. The van der Waals surface area contributed by atoms with Crippen molar-refractivity contribution >= 4 is 11.8 Å². The quantitative estimate of drug-likeness (QED) is 0.871. The van der Waals surface area contributed by atoms with Crippen LogP contribution in [0.2, 0.25) is 0 Å². The Kier molecular flexibility index (Phi) is 3.14. The summed E-state index contributed by atoms with van der Waals surface area (Å²) in [6.45, 7) is 0.597. The van der Waals surface area contributed by atoms with Gasteiger partial charge in [-0.25, -0.2) is 9.18 Å². The van der Waals surface area contributed by atoms with Crippen LogP contribution in [0.25, 0.3) is 0 Å². The second-order valence-corrected chi connectivity index (χ2v) is 3.71. The second-order valence-electron chi connectivity index (χ2n) is 3.71. The molecule has 1 fully saturated rings. The minimum atomic E-state index is -0.773. The summed E-state index contributed by atoms with van der Waals surface area (Å²) in [5.41, 5.74) is 0.351. The van der Waals surface area contributed by atoms with E-state index in [4.69, 9.17) is 14.6 Å². The average Bonchev–Trinajstić information content (AvgIpc) is 2.64. The SMILES string of the molecule is COC[C@H]1CN(c2ccc(O)c(F)c2)C(=O)O1. The number of hydrogen-bond acceptors (Lipinski definition) is 4. The summed E-state index contributed by atoms with van der Waals surface area (Å²) in [6, 6.07) is 3.74. The molecular weight excluding hydrogens is 229 g/mol. The van der Waals surface area contributed by atoms with Crippen LogP contribution in [0.4, 0.5) is 14.9 Å². The van der Waals surface area contributed by atoms with Crippen LogP contribution in [-0.4, -0.2) is 37.6 Å². The van der Waals surface area contributed by atoms with Gasteiger partial charge in [0.05, 0.1) is 18.8 Å². The maximum Gasteiger partial charge on any atom is 0.414 e. The molecule has 1 aliphatic rings. The summed E-state index contributed by atoms with van der Waals surface area (Å²) in [4.78, 5) is 12.8. The Morgan fingerprint density at radius 3 is 3.06 bits per heavy atom. The number of aromatic hydroxyl groups is 1. The van der Waals surface area contributed by atoms with Gasteiger partial charge in [-0.05, 0) is 12.1 Å². The summed E-state index contributed by atoms with van der Waals surface area (Å²) in [7, 11) is 1.51. The maximum atomic E-state index is 13.2. The van der Waals surface area contributed by atoms with Crippen LogP contribution in [0, 0.1) is 5.82 Å². The zero-order valence-corrected chi connectivity index (χ0v) is 9.22. The van der Waals surface area contributed by atoms with E-state index in [2.05, 4.69) is 0 Å². The van der Waals surface area contributed by atoms with Gasteiger partial charge in [-0.15, -0.1) is 0 Å². The highest BCUT2D eigenvalue weighted by molar-refractivity contribution is 5.89. The highest BCUT2D eigenvalue weighted by Crippen LogP contribution is 2.26. The summed E-state index contributed by atoms with van der Waals surface area (Å²) < 4.78 is 23.1. The van der Waals surface area contributed by atoms with Crippen LogP contribution < -0.4 is 4.90 Å². The third-order valence-electron chi connectivity index (χ3n) is 2.47. The van der Waals surface area contributed by atoms with Crippen LogP contribution in [0.3, 0.4) is 0 Å². The Labute approximate surface area is 97.4 Å². The van der Waals surface area contributed by atoms with Gasteiger partial charge in [-0.1, -0.05) is 0 Å². The predicted octanol–water partition coefficient (Wildman–Crippen LogP) is 1.50. The molecule has 0 aliphatic carbocycles. The Bertz CT molecular complexity index is 437. The molecule has 2 rings (SSSR count). The number of amides is 1. The molecule has 0 saturated carbocycles. The van der Waals surface area contributed by atoms with Crippen molar-refractivity contribution in [3.8, 4) is 5.75 Å². The summed E-state index contributed by atoms with van der Waals surface area (Å²) in [5, 5.41) is 9.06. The Morgan fingerprint density at radius 1 is 1.65 bits per heavy atom. The van der Waals surface area contributed by atoms with E-state index in [1.165, 1.54) is 24.1 Å². The largest absolute Gasteiger partial charge is 0.505 e. The van der Waals surface area contributed by atoms with E-state index in [0.717, 1.165) is 6.07 Å². The average molecular weight is 241 g/mol. The lowest BCUT2D eigenvalue weighted by Gasteiger charge is -2.13. The molecule has 1 aromatic carbocycles. The standard InChI is InChI=1S/C11H12FNO4/c1-16-6-8-5-13(11(15)17-8)7-2-3-10(14)9(12)4-7/h2-4,8,14H,5-6H2,1H3/t8-/m1/s1. The van der Waals surface area contributed by atoms with Crippen LogP contribution in [0.15, 0.2) is 18.2 Å². The smallest absolute Gasteiger partial charge is 0.414 e. The van der Waals surface area contributed by atoms with E-state index in [9.17, 15) is 9.18 Å². The van der Waals surface area contributed by atoms with E-state index in [1.807, 2.05) is 0 Å². The number of nitrogens with zero attached hydrogens (tertiary/aromatic N) is 1. The van der Waals surface area contributed by atoms with Gasteiger partial charge >= 0.3 is 6.09 Å². The number of phenols is 1. The molecule has 0 spiro atoms. The van der Waals surface area contributed by atoms with Crippen molar-refractivity contribution in [1.82, 2.24) is 0 Å². The van der Waals surface area contributed by atoms with E-state index in [1.54, 1.807) is 0 Å². The van der Waals surface area contributed by atoms with Crippen molar-refractivity contribution in [2.75, 3.05) is 25.2 Å². The number of carbonyl (C=O) groups excluding carboxylic acids is 1. The van der Waals surface area contributed by atoms with Gasteiger partial charge in [0, 0.05) is 13.2 Å². The number of benzene rings is 1. The second kappa shape index (κ2) is 4.58. The van der Waals surface area contributed by atoms with E-state index in [0.29, 0.717) is 18.8 Å². The number of rotatable bonds is 3. The van der Waals surface area contributed by atoms with Crippen LogP contribution >= 0.6 is 0 Å². The fourth-order valence-corrected chi connectivity index (χ4v) is 1.67. The molecule has 1 atom stereocenters. The first-order valence-corrected chi connectivity index (χ1v) is 5.07. The fraction of sp³-hybridized carbons (Fsp3) is 0.364. The molecule has 92 valence electrons. The Hall–Kier alpha value is -1.82. The molecule has 17 heavy (non-hydrogen) atoms. The molecule has 1 heterocycles. The number of cyclic esters (lactones) is 1. The van der Waals surface area contributed by atoms with Gasteiger partial charge in [0.25, 0.3) is 0 Å². The van der Waals surface area contributed by atoms with Crippen molar-refractivity contribution in [1.29, 1.82) is 0 Å². The van der Waals surface area contributed by atoms with E-state index < -0.39 is 17.7 Å². The third-order valence-corrected chi connectivity index (χ3v) is 2.47. The molecule has 1 amide bonds. The topological polar surface area (TPSA) is 59.0 Å². The van der Waals surface area contributed by atoms with Gasteiger partial charge < -0.3 is 14.6 Å².